The lowest BCUT2D eigenvalue weighted by molar-refractivity contribution is 0.211. The Morgan fingerprint density at radius 2 is 1.67 bits per heavy atom. The third kappa shape index (κ3) is 5.76. The summed E-state index contributed by atoms with van der Waals surface area (Å²) in [6.07, 6.45) is 1.96. The van der Waals surface area contributed by atoms with Crippen LogP contribution in [-0.2, 0) is 0 Å². The molecular formula is C17H29N3O. The van der Waals surface area contributed by atoms with Crippen molar-refractivity contribution < 1.29 is 4.79 Å². The molecule has 2 amide bonds. The molecule has 0 aromatic heterocycles. The van der Waals surface area contributed by atoms with Crippen LogP contribution in [0, 0.1) is 0 Å². The van der Waals surface area contributed by atoms with Crippen molar-refractivity contribution in [3.63, 3.8) is 0 Å². The fourth-order valence-corrected chi connectivity index (χ4v) is 2.34. The first-order valence-corrected chi connectivity index (χ1v) is 8.01. The molecule has 1 aromatic carbocycles. The van der Waals surface area contributed by atoms with Crippen molar-refractivity contribution in [1.29, 1.82) is 0 Å². The predicted octanol–water partition coefficient (Wildman–Crippen LogP) is 4.01. The number of hydrogen-bond acceptors (Lipinski definition) is 2. The smallest absolute Gasteiger partial charge is 0.321 e. The molecule has 0 aliphatic carbocycles. The van der Waals surface area contributed by atoms with E-state index in [1.54, 1.807) is 0 Å². The van der Waals surface area contributed by atoms with Crippen molar-refractivity contribution in [2.75, 3.05) is 25.0 Å². The zero-order valence-corrected chi connectivity index (χ0v) is 13.8. The molecule has 0 radical (unpaired) electrons. The Hall–Kier alpha value is -1.55. The predicted molar refractivity (Wildman–Crippen MR) is 89.7 cm³/mol. The third-order valence-electron chi connectivity index (χ3n) is 3.45. The lowest BCUT2D eigenvalue weighted by atomic mass is 10.1. The van der Waals surface area contributed by atoms with Crippen LogP contribution in [-0.4, -0.2) is 30.6 Å². The molecular weight excluding hydrogens is 262 g/mol. The minimum Gasteiger partial charge on any atom is -0.325 e. The van der Waals surface area contributed by atoms with Crippen LogP contribution >= 0.6 is 0 Å². The highest BCUT2D eigenvalue weighted by Crippen LogP contribution is 2.16. The van der Waals surface area contributed by atoms with E-state index in [2.05, 4.69) is 50.5 Å². The Balaban J connectivity index is 2.63. The van der Waals surface area contributed by atoms with Gasteiger partial charge < -0.3 is 15.5 Å². The maximum absolute atomic E-state index is 12.2. The minimum absolute atomic E-state index is 0.00817. The molecule has 4 heteroatoms. The molecule has 1 atom stereocenters. The Morgan fingerprint density at radius 1 is 1.10 bits per heavy atom. The molecule has 0 spiro atoms. The van der Waals surface area contributed by atoms with Crippen molar-refractivity contribution in [3.05, 3.63) is 29.8 Å². The van der Waals surface area contributed by atoms with Crippen LogP contribution in [0.5, 0.6) is 0 Å². The Bertz CT molecular complexity index is 411. The van der Waals surface area contributed by atoms with Gasteiger partial charge in [-0.1, -0.05) is 32.9 Å². The number of amides is 2. The van der Waals surface area contributed by atoms with Gasteiger partial charge in [-0.2, -0.15) is 0 Å². The first-order chi connectivity index (χ1) is 10.1. The molecule has 21 heavy (non-hydrogen) atoms. The summed E-state index contributed by atoms with van der Waals surface area (Å²) in [5.41, 5.74) is 2.08. The van der Waals surface area contributed by atoms with E-state index in [0.29, 0.717) is 6.04 Å². The zero-order valence-electron chi connectivity index (χ0n) is 13.8. The maximum Gasteiger partial charge on any atom is 0.321 e. The second kappa shape index (κ2) is 9.40. The van der Waals surface area contributed by atoms with Gasteiger partial charge in [-0.05, 0) is 44.0 Å². The van der Waals surface area contributed by atoms with Gasteiger partial charge in [-0.25, -0.2) is 4.79 Å². The second-order valence-corrected chi connectivity index (χ2v) is 5.32. The highest BCUT2D eigenvalue weighted by Gasteiger charge is 2.11. The van der Waals surface area contributed by atoms with Crippen LogP contribution in [0.3, 0.4) is 0 Å². The van der Waals surface area contributed by atoms with Crippen molar-refractivity contribution in [3.8, 4) is 0 Å². The van der Waals surface area contributed by atoms with Gasteiger partial charge in [-0.3, -0.25) is 0 Å². The largest absolute Gasteiger partial charge is 0.325 e. The molecule has 4 nitrogen and oxygen atoms in total. The van der Waals surface area contributed by atoms with E-state index in [1.165, 1.54) is 5.56 Å². The number of carbonyl (C=O) groups excluding carboxylic acids is 1. The van der Waals surface area contributed by atoms with E-state index >= 15 is 0 Å². The molecule has 2 N–H and O–H groups in total. The SMILES string of the molecule is CCCN(CCC)C(=O)Nc1ccc(C(C)NCC)cc1. The lowest BCUT2D eigenvalue weighted by Gasteiger charge is -2.22. The topological polar surface area (TPSA) is 44.4 Å². The summed E-state index contributed by atoms with van der Waals surface area (Å²) in [7, 11) is 0. The summed E-state index contributed by atoms with van der Waals surface area (Å²) in [6, 6.07) is 8.39. The average Bonchev–Trinajstić information content (AvgIpc) is 2.48. The van der Waals surface area contributed by atoms with Crippen molar-refractivity contribution in [2.45, 2.75) is 46.6 Å². The summed E-state index contributed by atoms with van der Waals surface area (Å²) >= 11 is 0. The van der Waals surface area contributed by atoms with Crippen LogP contribution in [0.2, 0.25) is 0 Å². The summed E-state index contributed by atoms with van der Waals surface area (Å²) in [4.78, 5) is 14.1. The van der Waals surface area contributed by atoms with Crippen LogP contribution in [0.15, 0.2) is 24.3 Å². The normalized spacial score (nSPS) is 12.0. The fraction of sp³-hybridized carbons (Fsp3) is 0.588. The van der Waals surface area contributed by atoms with Gasteiger partial charge in [0.1, 0.15) is 0 Å². The molecule has 0 bridgehead atoms. The number of rotatable bonds is 8. The molecule has 0 fully saturated rings. The number of carbonyl (C=O) groups is 1. The number of nitrogens with zero attached hydrogens (tertiary/aromatic N) is 1. The van der Waals surface area contributed by atoms with Crippen LogP contribution in [0.1, 0.15) is 52.1 Å². The van der Waals surface area contributed by atoms with Crippen molar-refractivity contribution >= 4 is 11.7 Å². The van der Waals surface area contributed by atoms with Gasteiger partial charge in [0.15, 0.2) is 0 Å². The zero-order chi connectivity index (χ0) is 15.7. The monoisotopic (exact) mass is 291 g/mol. The fourth-order valence-electron chi connectivity index (χ4n) is 2.34. The highest BCUT2D eigenvalue weighted by atomic mass is 16.2. The van der Waals surface area contributed by atoms with Gasteiger partial charge in [0, 0.05) is 24.8 Å². The molecule has 0 aliphatic heterocycles. The van der Waals surface area contributed by atoms with Crippen molar-refractivity contribution in [1.82, 2.24) is 10.2 Å². The number of benzene rings is 1. The molecule has 0 saturated heterocycles. The first kappa shape index (κ1) is 17.5. The Kier molecular flexibility index (Phi) is 7.83. The van der Waals surface area contributed by atoms with E-state index in [-0.39, 0.29) is 6.03 Å². The van der Waals surface area contributed by atoms with Crippen LogP contribution < -0.4 is 10.6 Å². The average molecular weight is 291 g/mol. The standard InChI is InChI=1S/C17H29N3O/c1-5-12-20(13-6-2)17(21)19-16-10-8-15(9-11-16)14(4)18-7-3/h8-11,14,18H,5-7,12-13H2,1-4H3,(H,19,21). The molecule has 0 aliphatic rings. The van der Waals surface area contributed by atoms with Gasteiger partial charge in [0.2, 0.25) is 0 Å². The van der Waals surface area contributed by atoms with E-state index in [4.69, 9.17) is 0 Å². The van der Waals surface area contributed by atoms with Crippen LogP contribution in [0.25, 0.3) is 0 Å². The summed E-state index contributed by atoms with van der Waals surface area (Å²) < 4.78 is 0. The Labute approximate surface area is 128 Å². The first-order valence-electron chi connectivity index (χ1n) is 8.01. The maximum atomic E-state index is 12.2. The molecule has 118 valence electrons. The van der Waals surface area contributed by atoms with Gasteiger partial charge in [0.05, 0.1) is 0 Å². The quantitative estimate of drug-likeness (QED) is 0.760. The van der Waals surface area contributed by atoms with E-state index in [0.717, 1.165) is 38.2 Å². The van der Waals surface area contributed by atoms with Gasteiger partial charge in [0.25, 0.3) is 0 Å². The molecule has 1 aromatic rings. The van der Waals surface area contributed by atoms with E-state index in [9.17, 15) is 4.79 Å². The number of hydrogen-bond donors (Lipinski definition) is 2. The number of anilines is 1. The Morgan fingerprint density at radius 3 is 2.14 bits per heavy atom. The minimum atomic E-state index is -0.00817. The van der Waals surface area contributed by atoms with Gasteiger partial charge >= 0.3 is 6.03 Å². The third-order valence-corrected chi connectivity index (χ3v) is 3.45. The molecule has 1 unspecified atom stereocenters. The number of nitrogens with one attached hydrogen (secondary N) is 2. The van der Waals surface area contributed by atoms with E-state index < -0.39 is 0 Å². The number of urea groups is 1. The molecule has 1 rings (SSSR count). The van der Waals surface area contributed by atoms with Crippen molar-refractivity contribution in [2.24, 2.45) is 0 Å². The summed E-state index contributed by atoms with van der Waals surface area (Å²) in [6.45, 7) is 11.0. The highest BCUT2D eigenvalue weighted by molar-refractivity contribution is 5.89. The van der Waals surface area contributed by atoms with Gasteiger partial charge in [-0.15, -0.1) is 0 Å². The van der Waals surface area contributed by atoms with Crippen LogP contribution in [0.4, 0.5) is 10.5 Å². The lowest BCUT2D eigenvalue weighted by Crippen LogP contribution is -2.36. The summed E-state index contributed by atoms with van der Waals surface area (Å²) in [5.74, 6) is 0. The van der Waals surface area contributed by atoms with E-state index in [1.807, 2.05) is 17.0 Å². The summed E-state index contributed by atoms with van der Waals surface area (Å²) in [5, 5.41) is 6.35. The molecule has 0 saturated carbocycles. The molecule has 0 heterocycles. The second-order valence-electron chi connectivity index (χ2n) is 5.32.